The topological polar surface area (TPSA) is 35.2 Å². The van der Waals surface area contributed by atoms with E-state index < -0.39 is 0 Å². The second kappa shape index (κ2) is 6.95. The molecule has 0 heterocycles. The van der Waals surface area contributed by atoms with Crippen molar-refractivity contribution >= 4 is 0 Å². The lowest BCUT2D eigenvalue weighted by Gasteiger charge is -2.25. The van der Waals surface area contributed by atoms with Gasteiger partial charge in [-0.05, 0) is 56.2 Å². The van der Waals surface area contributed by atoms with Crippen molar-refractivity contribution in [1.82, 2.24) is 0 Å². The maximum Gasteiger partial charge on any atom is 0.122 e. The lowest BCUT2D eigenvalue weighted by atomic mass is 9.97. The second-order valence-electron chi connectivity index (χ2n) is 5.78. The minimum absolute atomic E-state index is 0.0966. The molecule has 0 bridgehead atoms. The third-order valence-corrected chi connectivity index (χ3v) is 3.98. The fraction of sp³-hybridized carbons (Fsp3) is 0.647. The van der Waals surface area contributed by atoms with Crippen LogP contribution in [0, 0.1) is 0 Å². The molecule has 0 radical (unpaired) electrons. The standard InChI is InChI=1S/C17H27NO/c1-3-7-15-12-14(13(2)18)10-11-17(15)19-16-8-5-4-6-9-16/h10-13,16H,3-9,18H2,1-2H3. The van der Waals surface area contributed by atoms with Crippen LogP contribution in [-0.4, -0.2) is 6.10 Å². The highest BCUT2D eigenvalue weighted by Gasteiger charge is 2.16. The summed E-state index contributed by atoms with van der Waals surface area (Å²) in [6.45, 7) is 4.25. The van der Waals surface area contributed by atoms with E-state index in [1.807, 2.05) is 6.92 Å². The van der Waals surface area contributed by atoms with Gasteiger partial charge in [-0.1, -0.05) is 31.9 Å². The van der Waals surface area contributed by atoms with Gasteiger partial charge < -0.3 is 10.5 Å². The maximum absolute atomic E-state index is 6.23. The van der Waals surface area contributed by atoms with Crippen molar-refractivity contribution in [3.63, 3.8) is 0 Å². The van der Waals surface area contributed by atoms with Gasteiger partial charge in [-0.3, -0.25) is 0 Å². The molecule has 1 atom stereocenters. The third kappa shape index (κ3) is 3.97. The minimum atomic E-state index is 0.0966. The van der Waals surface area contributed by atoms with Gasteiger partial charge in [-0.15, -0.1) is 0 Å². The van der Waals surface area contributed by atoms with Crippen LogP contribution in [0.25, 0.3) is 0 Å². The molecule has 1 aromatic rings. The van der Waals surface area contributed by atoms with E-state index in [4.69, 9.17) is 10.5 Å². The Hall–Kier alpha value is -1.02. The predicted octanol–water partition coefficient (Wildman–Crippen LogP) is 4.37. The van der Waals surface area contributed by atoms with Gasteiger partial charge in [-0.25, -0.2) is 0 Å². The number of rotatable bonds is 5. The Morgan fingerprint density at radius 3 is 2.63 bits per heavy atom. The smallest absolute Gasteiger partial charge is 0.122 e. The van der Waals surface area contributed by atoms with Crippen LogP contribution in [0.3, 0.4) is 0 Å². The minimum Gasteiger partial charge on any atom is -0.490 e. The number of ether oxygens (including phenoxy) is 1. The highest BCUT2D eigenvalue weighted by Crippen LogP contribution is 2.28. The average molecular weight is 261 g/mol. The molecular formula is C17H27NO. The Morgan fingerprint density at radius 2 is 2.00 bits per heavy atom. The van der Waals surface area contributed by atoms with Crippen molar-refractivity contribution < 1.29 is 4.74 Å². The first-order chi connectivity index (χ1) is 9.20. The Kier molecular flexibility index (Phi) is 5.26. The van der Waals surface area contributed by atoms with Crippen LogP contribution in [0.1, 0.15) is 69.5 Å². The summed E-state index contributed by atoms with van der Waals surface area (Å²) in [5.74, 6) is 1.08. The molecule has 2 heteroatoms. The van der Waals surface area contributed by atoms with Crippen LogP contribution < -0.4 is 10.5 Å². The van der Waals surface area contributed by atoms with Gasteiger partial charge in [0.05, 0.1) is 6.10 Å². The molecule has 0 spiro atoms. The van der Waals surface area contributed by atoms with Gasteiger partial charge >= 0.3 is 0 Å². The van der Waals surface area contributed by atoms with Crippen molar-refractivity contribution in [2.45, 2.75) is 70.9 Å². The molecule has 1 unspecified atom stereocenters. The first-order valence-corrected chi connectivity index (χ1v) is 7.75. The monoisotopic (exact) mass is 261 g/mol. The predicted molar refractivity (Wildman–Crippen MR) is 80.5 cm³/mol. The zero-order valence-electron chi connectivity index (χ0n) is 12.3. The van der Waals surface area contributed by atoms with Crippen molar-refractivity contribution in [3.05, 3.63) is 29.3 Å². The normalized spacial score (nSPS) is 18.3. The number of benzene rings is 1. The summed E-state index contributed by atoms with van der Waals surface area (Å²) in [6.07, 6.45) is 9.04. The summed E-state index contributed by atoms with van der Waals surface area (Å²) in [4.78, 5) is 0. The summed E-state index contributed by atoms with van der Waals surface area (Å²) in [5, 5.41) is 0. The molecule has 1 fully saturated rings. The third-order valence-electron chi connectivity index (χ3n) is 3.98. The average Bonchev–Trinajstić information content (AvgIpc) is 2.42. The Bertz CT molecular complexity index is 394. The number of nitrogens with two attached hydrogens (primary N) is 1. The van der Waals surface area contributed by atoms with E-state index in [1.165, 1.54) is 43.2 Å². The molecule has 2 N–H and O–H groups in total. The molecule has 1 saturated carbocycles. The Morgan fingerprint density at radius 1 is 1.26 bits per heavy atom. The van der Waals surface area contributed by atoms with Crippen LogP contribution in [-0.2, 0) is 6.42 Å². The van der Waals surface area contributed by atoms with Gasteiger partial charge in [-0.2, -0.15) is 0 Å². The highest BCUT2D eigenvalue weighted by atomic mass is 16.5. The quantitative estimate of drug-likeness (QED) is 0.854. The summed E-state index contributed by atoms with van der Waals surface area (Å²) < 4.78 is 6.23. The van der Waals surface area contributed by atoms with E-state index in [1.54, 1.807) is 0 Å². The molecule has 2 rings (SSSR count). The molecule has 1 aliphatic rings. The molecule has 106 valence electrons. The lowest BCUT2D eigenvalue weighted by molar-refractivity contribution is 0.153. The number of aryl methyl sites for hydroxylation is 1. The second-order valence-corrected chi connectivity index (χ2v) is 5.78. The fourth-order valence-corrected chi connectivity index (χ4v) is 2.82. The van der Waals surface area contributed by atoms with E-state index in [-0.39, 0.29) is 6.04 Å². The molecule has 0 aliphatic heterocycles. The van der Waals surface area contributed by atoms with E-state index >= 15 is 0 Å². The zero-order chi connectivity index (χ0) is 13.7. The molecule has 1 aliphatic carbocycles. The number of hydrogen-bond acceptors (Lipinski definition) is 2. The summed E-state index contributed by atoms with van der Waals surface area (Å²) in [7, 11) is 0. The summed E-state index contributed by atoms with van der Waals surface area (Å²) in [5.41, 5.74) is 8.50. The molecule has 0 saturated heterocycles. The number of hydrogen-bond donors (Lipinski definition) is 1. The van der Waals surface area contributed by atoms with E-state index in [0.717, 1.165) is 18.6 Å². The van der Waals surface area contributed by atoms with E-state index in [0.29, 0.717) is 6.10 Å². The fourth-order valence-electron chi connectivity index (χ4n) is 2.82. The molecule has 1 aromatic carbocycles. The molecule has 2 nitrogen and oxygen atoms in total. The summed E-state index contributed by atoms with van der Waals surface area (Å²) in [6, 6.07) is 6.56. The molecule has 0 aromatic heterocycles. The van der Waals surface area contributed by atoms with Gasteiger partial charge in [0.25, 0.3) is 0 Å². The van der Waals surface area contributed by atoms with Crippen molar-refractivity contribution in [1.29, 1.82) is 0 Å². The van der Waals surface area contributed by atoms with E-state index in [9.17, 15) is 0 Å². The first kappa shape index (κ1) is 14.4. The van der Waals surface area contributed by atoms with Gasteiger partial charge in [0.1, 0.15) is 5.75 Å². The van der Waals surface area contributed by atoms with Crippen LogP contribution >= 0.6 is 0 Å². The van der Waals surface area contributed by atoms with Crippen LogP contribution in [0.5, 0.6) is 5.75 Å². The molecular weight excluding hydrogens is 234 g/mol. The Labute approximate surface area is 117 Å². The first-order valence-electron chi connectivity index (χ1n) is 7.75. The van der Waals surface area contributed by atoms with Crippen LogP contribution in [0.15, 0.2) is 18.2 Å². The van der Waals surface area contributed by atoms with Crippen molar-refractivity contribution in [2.75, 3.05) is 0 Å². The van der Waals surface area contributed by atoms with Crippen molar-refractivity contribution in [3.8, 4) is 5.75 Å². The molecule has 19 heavy (non-hydrogen) atoms. The maximum atomic E-state index is 6.23. The van der Waals surface area contributed by atoms with Crippen LogP contribution in [0.2, 0.25) is 0 Å². The highest BCUT2D eigenvalue weighted by molar-refractivity contribution is 5.38. The van der Waals surface area contributed by atoms with Crippen molar-refractivity contribution in [2.24, 2.45) is 5.73 Å². The largest absolute Gasteiger partial charge is 0.490 e. The summed E-state index contributed by atoms with van der Waals surface area (Å²) >= 11 is 0. The zero-order valence-corrected chi connectivity index (χ0v) is 12.3. The SMILES string of the molecule is CCCc1cc(C(C)N)ccc1OC1CCCCC1. The van der Waals surface area contributed by atoms with Gasteiger partial charge in [0, 0.05) is 6.04 Å². The molecule has 0 amide bonds. The van der Waals surface area contributed by atoms with Gasteiger partial charge in [0.2, 0.25) is 0 Å². The Balaban J connectivity index is 2.13. The lowest BCUT2D eigenvalue weighted by Crippen LogP contribution is -2.20. The van der Waals surface area contributed by atoms with Gasteiger partial charge in [0.15, 0.2) is 0 Å². The van der Waals surface area contributed by atoms with Crippen LogP contribution in [0.4, 0.5) is 0 Å². The van der Waals surface area contributed by atoms with E-state index in [2.05, 4.69) is 25.1 Å².